The number of sulfonamides is 1. The second kappa shape index (κ2) is 13.6. The molecule has 0 aromatic heterocycles. The highest BCUT2D eigenvalue weighted by molar-refractivity contribution is 7.92. The van der Waals surface area contributed by atoms with Gasteiger partial charge in [-0.2, -0.15) is 5.10 Å². The van der Waals surface area contributed by atoms with Crippen molar-refractivity contribution in [2.45, 2.75) is 13.3 Å². The average Bonchev–Trinajstić information content (AvgIpc) is 2.87. The van der Waals surface area contributed by atoms with Gasteiger partial charge in [0.2, 0.25) is 10.0 Å². The van der Waals surface area contributed by atoms with E-state index in [0.717, 1.165) is 22.5 Å². The predicted molar refractivity (Wildman–Crippen MR) is 149 cm³/mol. The fourth-order valence-electron chi connectivity index (χ4n) is 3.47. The summed E-state index contributed by atoms with van der Waals surface area (Å²) in [6.45, 7) is 1.68. The van der Waals surface area contributed by atoms with Gasteiger partial charge in [-0.05, 0) is 72.5 Å². The Balaban J connectivity index is 1.45. The number of nitrogens with one attached hydrogen (secondary N) is 2. The molecule has 0 atom stereocenters. The third kappa shape index (κ3) is 9.20. The Hall–Kier alpha value is -3.89. The van der Waals surface area contributed by atoms with Crippen LogP contribution in [-0.4, -0.2) is 52.4 Å². The molecule has 0 saturated carbocycles. The van der Waals surface area contributed by atoms with Gasteiger partial charge in [0, 0.05) is 11.6 Å². The number of aryl methyl sites for hydroxylation is 1. The topological polar surface area (TPSA) is 117 Å². The van der Waals surface area contributed by atoms with Crippen LogP contribution in [0.25, 0.3) is 0 Å². The number of rotatable bonds is 12. The molecule has 3 rings (SSSR count). The van der Waals surface area contributed by atoms with E-state index in [1.54, 1.807) is 49.4 Å². The Labute approximate surface area is 227 Å². The minimum atomic E-state index is -3.73. The number of carbonyl (C=O) groups excluding carboxylic acids is 2. The largest absolute Gasteiger partial charge is 0.484 e. The quantitative estimate of drug-likeness (QED) is 0.262. The lowest BCUT2D eigenvalue weighted by molar-refractivity contribution is -0.123. The van der Waals surface area contributed by atoms with Crippen molar-refractivity contribution in [3.05, 3.63) is 94.5 Å². The minimum Gasteiger partial charge on any atom is -0.484 e. The molecule has 0 radical (unpaired) electrons. The van der Waals surface area contributed by atoms with E-state index in [1.165, 1.54) is 6.21 Å². The molecule has 3 aromatic carbocycles. The third-order valence-electron chi connectivity index (χ3n) is 5.35. The van der Waals surface area contributed by atoms with Gasteiger partial charge >= 0.3 is 0 Å². The van der Waals surface area contributed by atoms with Crippen LogP contribution in [0.15, 0.2) is 77.9 Å². The maximum atomic E-state index is 12.4. The first-order valence-electron chi connectivity index (χ1n) is 11.7. The van der Waals surface area contributed by atoms with E-state index in [-0.39, 0.29) is 12.5 Å². The molecule has 200 valence electrons. The first kappa shape index (κ1) is 28.7. The number of amides is 2. The zero-order chi connectivity index (χ0) is 27.5. The molecule has 0 heterocycles. The number of hydrazone groups is 1. The van der Waals surface area contributed by atoms with Crippen LogP contribution in [0.1, 0.15) is 16.7 Å². The number of halogens is 1. The van der Waals surface area contributed by atoms with E-state index in [1.807, 2.05) is 30.3 Å². The highest BCUT2D eigenvalue weighted by atomic mass is 35.5. The van der Waals surface area contributed by atoms with Crippen molar-refractivity contribution in [2.75, 3.05) is 30.3 Å². The monoisotopic (exact) mass is 556 g/mol. The predicted octanol–water partition coefficient (Wildman–Crippen LogP) is 3.30. The van der Waals surface area contributed by atoms with Crippen LogP contribution in [0, 0.1) is 6.92 Å². The minimum absolute atomic E-state index is 0.109. The van der Waals surface area contributed by atoms with Crippen molar-refractivity contribution >= 4 is 45.3 Å². The van der Waals surface area contributed by atoms with Gasteiger partial charge in [-0.25, -0.2) is 13.8 Å². The zero-order valence-corrected chi connectivity index (χ0v) is 22.6. The van der Waals surface area contributed by atoms with Crippen molar-refractivity contribution in [1.82, 2.24) is 10.7 Å². The number of anilines is 1. The van der Waals surface area contributed by atoms with Crippen molar-refractivity contribution in [1.29, 1.82) is 0 Å². The fourth-order valence-corrected chi connectivity index (χ4v) is 4.61. The number of hydrogen-bond donors (Lipinski definition) is 2. The van der Waals surface area contributed by atoms with Gasteiger partial charge in [0.05, 0.1) is 18.2 Å². The maximum Gasteiger partial charge on any atom is 0.260 e. The second-order valence-electron chi connectivity index (χ2n) is 8.44. The number of nitrogens with zero attached hydrogens (tertiary/aromatic N) is 2. The Kier molecular flexibility index (Phi) is 10.3. The lowest BCUT2D eigenvalue weighted by Crippen LogP contribution is -2.39. The van der Waals surface area contributed by atoms with Gasteiger partial charge in [0.25, 0.3) is 11.8 Å². The number of ether oxygens (including phenoxy) is 1. The van der Waals surface area contributed by atoms with Gasteiger partial charge in [0.1, 0.15) is 12.3 Å². The van der Waals surface area contributed by atoms with E-state index < -0.39 is 22.5 Å². The van der Waals surface area contributed by atoms with E-state index >= 15 is 0 Å². The standard InChI is InChI=1S/C27H29ClN4O5S/c1-20-16-23(28)10-13-25(20)32(38(2,35)36)18-26(33)31-30-17-22-8-11-24(12-9-22)37-19-27(34)29-15-14-21-6-4-3-5-7-21/h3-13,16-17H,14-15,18-19H2,1-2H3,(H,29,34)(H,31,33)/b30-17-. The summed E-state index contributed by atoms with van der Waals surface area (Å²) in [5.41, 5.74) is 5.12. The average molecular weight is 557 g/mol. The molecule has 0 aliphatic rings. The van der Waals surface area contributed by atoms with Gasteiger partial charge in [-0.1, -0.05) is 41.9 Å². The number of benzene rings is 3. The Morgan fingerprint density at radius 2 is 1.74 bits per heavy atom. The summed E-state index contributed by atoms with van der Waals surface area (Å²) in [5, 5.41) is 7.18. The summed E-state index contributed by atoms with van der Waals surface area (Å²) in [6.07, 6.45) is 3.18. The zero-order valence-electron chi connectivity index (χ0n) is 21.1. The van der Waals surface area contributed by atoms with E-state index in [0.29, 0.717) is 34.1 Å². The summed E-state index contributed by atoms with van der Waals surface area (Å²) in [5.74, 6) is -0.322. The fraction of sp³-hybridized carbons (Fsp3) is 0.222. The molecule has 0 fully saturated rings. The summed E-state index contributed by atoms with van der Waals surface area (Å²) in [4.78, 5) is 24.4. The molecular formula is C27H29ClN4O5S. The molecule has 11 heteroatoms. The summed E-state index contributed by atoms with van der Waals surface area (Å²) in [7, 11) is -3.73. The lowest BCUT2D eigenvalue weighted by Gasteiger charge is -2.23. The molecule has 0 aliphatic heterocycles. The summed E-state index contributed by atoms with van der Waals surface area (Å²) < 4.78 is 31.1. The van der Waals surface area contributed by atoms with Crippen LogP contribution < -0.4 is 19.8 Å². The van der Waals surface area contributed by atoms with E-state index in [2.05, 4.69) is 15.8 Å². The molecule has 0 unspecified atom stereocenters. The van der Waals surface area contributed by atoms with Crippen LogP contribution in [-0.2, 0) is 26.0 Å². The lowest BCUT2D eigenvalue weighted by atomic mass is 10.1. The van der Waals surface area contributed by atoms with Crippen LogP contribution in [0.3, 0.4) is 0 Å². The molecule has 2 amide bonds. The molecular weight excluding hydrogens is 528 g/mol. The number of hydrogen-bond acceptors (Lipinski definition) is 6. The van der Waals surface area contributed by atoms with Crippen molar-refractivity contribution < 1.29 is 22.7 Å². The van der Waals surface area contributed by atoms with E-state index in [9.17, 15) is 18.0 Å². The smallest absolute Gasteiger partial charge is 0.260 e. The second-order valence-corrected chi connectivity index (χ2v) is 10.8. The van der Waals surface area contributed by atoms with Gasteiger partial charge < -0.3 is 10.1 Å². The molecule has 2 N–H and O–H groups in total. The SMILES string of the molecule is Cc1cc(Cl)ccc1N(CC(=O)N/N=C\c1ccc(OCC(=O)NCCc2ccccc2)cc1)S(C)(=O)=O. The van der Waals surface area contributed by atoms with Crippen LogP contribution in [0.4, 0.5) is 5.69 Å². The van der Waals surface area contributed by atoms with Gasteiger partial charge in [-0.15, -0.1) is 0 Å². The highest BCUT2D eigenvalue weighted by Gasteiger charge is 2.22. The number of carbonyl (C=O) groups is 2. The summed E-state index contributed by atoms with van der Waals surface area (Å²) in [6, 6.07) is 21.4. The molecule has 0 spiro atoms. The molecule has 0 bridgehead atoms. The maximum absolute atomic E-state index is 12.4. The Bertz CT molecular complexity index is 1380. The van der Waals surface area contributed by atoms with Gasteiger partial charge in [0.15, 0.2) is 6.61 Å². The van der Waals surface area contributed by atoms with E-state index in [4.69, 9.17) is 16.3 Å². The van der Waals surface area contributed by atoms with Crippen molar-refractivity contribution in [3.8, 4) is 5.75 Å². The molecule has 0 aliphatic carbocycles. The molecule has 9 nitrogen and oxygen atoms in total. The van der Waals surface area contributed by atoms with Crippen molar-refractivity contribution in [2.24, 2.45) is 5.10 Å². The normalized spacial score (nSPS) is 11.2. The highest BCUT2D eigenvalue weighted by Crippen LogP contribution is 2.25. The molecule has 0 saturated heterocycles. The van der Waals surface area contributed by atoms with Gasteiger partial charge in [-0.3, -0.25) is 13.9 Å². The van der Waals surface area contributed by atoms with Crippen LogP contribution in [0.5, 0.6) is 5.75 Å². The van der Waals surface area contributed by atoms with Crippen molar-refractivity contribution in [3.63, 3.8) is 0 Å². The Morgan fingerprint density at radius 1 is 1.03 bits per heavy atom. The first-order chi connectivity index (χ1) is 18.1. The van der Waals surface area contributed by atoms with Crippen LogP contribution >= 0.6 is 11.6 Å². The molecule has 3 aromatic rings. The first-order valence-corrected chi connectivity index (χ1v) is 13.9. The summed E-state index contributed by atoms with van der Waals surface area (Å²) >= 11 is 5.96. The molecule has 38 heavy (non-hydrogen) atoms. The Morgan fingerprint density at radius 3 is 2.39 bits per heavy atom. The third-order valence-corrected chi connectivity index (χ3v) is 6.71. The van der Waals surface area contributed by atoms with Crippen LogP contribution in [0.2, 0.25) is 5.02 Å².